The van der Waals surface area contributed by atoms with Crippen molar-refractivity contribution in [1.29, 1.82) is 0 Å². The molecule has 0 aliphatic heterocycles. The van der Waals surface area contributed by atoms with Gasteiger partial charge in [-0.05, 0) is 31.0 Å². The highest BCUT2D eigenvalue weighted by Crippen LogP contribution is 2.18. The van der Waals surface area contributed by atoms with Crippen molar-refractivity contribution < 1.29 is 9.53 Å². The normalized spacial score (nSPS) is 12.1. The zero-order valence-corrected chi connectivity index (χ0v) is 14.0. The van der Waals surface area contributed by atoms with E-state index in [9.17, 15) is 4.79 Å². The third kappa shape index (κ3) is 8.09. The fraction of sp³-hybridized carbons (Fsp3) is 0.562. The molecule has 1 amide bonds. The SMILES string of the molecule is CCC(C)NC(=O)CSc1ccc(CNCCOC)cc1. The summed E-state index contributed by atoms with van der Waals surface area (Å²) in [4.78, 5) is 12.8. The van der Waals surface area contributed by atoms with Crippen LogP contribution >= 0.6 is 11.8 Å². The standard InChI is InChI=1S/C16H26N2O2S/c1-4-13(2)18-16(19)12-21-15-7-5-14(6-8-15)11-17-9-10-20-3/h5-8,13,17H,4,9-12H2,1-3H3,(H,18,19). The molecule has 1 aromatic rings. The number of hydrogen-bond donors (Lipinski definition) is 2. The van der Waals surface area contributed by atoms with E-state index >= 15 is 0 Å². The van der Waals surface area contributed by atoms with Crippen molar-refractivity contribution in [3.8, 4) is 0 Å². The van der Waals surface area contributed by atoms with E-state index in [2.05, 4.69) is 41.8 Å². The molecule has 0 heterocycles. The van der Waals surface area contributed by atoms with E-state index in [-0.39, 0.29) is 11.9 Å². The van der Waals surface area contributed by atoms with Crippen molar-refractivity contribution in [1.82, 2.24) is 10.6 Å². The minimum atomic E-state index is 0.0969. The number of carbonyl (C=O) groups is 1. The van der Waals surface area contributed by atoms with Gasteiger partial charge in [-0.1, -0.05) is 19.1 Å². The lowest BCUT2D eigenvalue weighted by Gasteiger charge is -2.11. The first-order valence-corrected chi connectivity index (χ1v) is 8.35. The second-order valence-electron chi connectivity index (χ2n) is 4.98. The van der Waals surface area contributed by atoms with Crippen LogP contribution in [0, 0.1) is 0 Å². The molecule has 4 nitrogen and oxygen atoms in total. The molecule has 1 atom stereocenters. The van der Waals surface area contributed by atoms with Crippen LogP contribution in [0.1, 0.15) is 25.8 Å². The molecule has 0 spiro atoms. The Morgan fingerprint density at radius 2 is 2.05 bits per heavy atom. The van der Waals surface area contributed by atoms with Gasteiger partial charge in [-0.2, -0.15) is 0 Å². The third-order valence-electron chi connectivity index (χ3n) is 3.13. The molecule has 0 fully saturated rings. The lowest BCUT2D eigenvalue weighted by molar-refractivity contribution is -0.119. The zero-order valence-electron chi connectivity index (χ0n) is 13.1. The first kappa shape index (κ1) is 18.0. The maximum absolute atomic E-state index is 11.7. The Morgan fingerprint density at radius 1 is 1.33 bits per heavy atom. The number of hydrogen-bond acceptors (Lipinski definition) is 4. The summed E-state index contributed by atoms with van der Waals surface area (Å²) in [6.45, 7) is 6.50. The van der Waals surface area contributed by atoms with Gasteiger partial charge in [0.25, 0.3) is 0 Å². The second kappa shape index (κ2) is 10.7. The van der Waals surface area contributed by atoms with Gasteiger partial charge >= 0.3 is 0 Å². The van der Waals surface area contributed by atoms with Crippen LogP contribution in [-0.4, -0.2) is 38.0 Å². The van der Waals surface area contributed by atoms with Crippen LogP contribution < -0.4 is 10.6 Å². The highest BCUT2D eigenvalue weighted by molar-refractivity contribution is 8.00. The number of methoxy groups -OCH3 is 1. The highest BCUT2D eigenvalue weighted by Gasteiger charge is 2.06. The largest absolute Gasteiger partial charge is 0.383 e. The Labute approximate surface area is 132 Å². The Balaban J connectivity index is 2.29. The molecule has 0 aromatic heterocycles. The predicted molar refractivity (Wildman–Crippen MR) is 88.6 cm³/mol. The molecular formula is C16H26N2O2S. The highest BCUT2D eigenvalue weighted by atomic mass is 32.2. The Bertz CT molecular complexity index is 409. The van der Waals surface area contributed by atoms with E-state index in [1.54, 1.807) is 18.9 Å². The molecule has 0 bridgehead atoms. The molecule has 0 radical (unpaired) electrons. The van der Waals surface area contributed by atoms with Crippen LogP contribution in [0.3, 0.4) is 0 Å². The first-order chi connectivity index (χ1) is 10.2. The van der Waals surface area contributed by atoms with Gasteiger partial charge in [-0.3, -0.25) is 4.79 Å². The maximum atomic E-state index is 11.7. The van der Waals surface area contributed by atoms with Crippen LogP contribution in [0.5, 0.6) is 0 Å². The number of rotatable bonds is 10. The molecule has 1 aromatic carbocycles. The van der Waals surface area contributed by atoms with Crippen molar-refractivity contribution in [2.24, 2.45) is 0 Å². The van der Waals surface area contributed by atoms with E-state index in [0.717, 1.165) is 31.0 Å². The molecule has 1 rings (SSSR count). The molecule has 0 aliphatic carbocycles. The average Bonchev–Trinajstić information content (AvgIpc) is 2.50. The summed E-state index contributed by atoms with van der Waals surface area (Å²) in [6.07, 6.45) is 0.959. The number of amides is 1. The van der Waals surface area contributed by atoms with Crippen LogP contribution in [0.15, 0.2) is 29.2 Å². The Kier molecular flexibility index (Phi) is 9.14. The lowest BCUT2D eigenvalue weighted by atomic mass is 10.2. The molecule has 0 saturated carbocycles. The van der Waals surface area contributed by atoms with Crippen LogP contribution in [0.4, 0.5) is 0 Å². The summed E-state index contributed by atoms with van der Waals surface area (Å²) >= 11 is 1.57. The second-order valence-corrected chi connectivity index (χ2v) is 6.03. The van der Waals surface area contributed by atoms with Gasteiger partial charge in [0, 0.05) is 31.1 Å². The number of thioether (sulfide) groups is 1. The molecular weight excluding hydrogens is 284 g/mol. The molecule has 21 heavy (non-hydrogen) atoms. The number of nitrogens with one attached hydrogen (secondary N) is 2. The van der Waals surface area contributed by atoms with Crippen molar-refractivity contribution in [3.05, 3.63) is 29.8 Å². The Hall–Kier alpha value is -1.04. The van der Waals surface area contributed by atoms with Gasteiger partial charge in [0.1, 0.15) is 0 Å². The predicted octanol–water partition coefficient (Wildman–Crippen LogP) is 2.43. The van der Waals surface area contributed by atoms with E-state index in [1.807, 2.05) is 6.92 Å². The number of benzene rings is 1. The number of ether oxygens (including phenoxy) is 1. The van der Waals surface area contributed by atoms with Crippen molar-refractivity contribution in [3.63, 3.8) is 0 Å². The van der Waals surface area contributed by atoms with Crippen molar-refractivity contribution in [2.75, 3.05) is 26.0 Å². The van der Waals surface area contributed by atoms with Crippen molar-refractivity contribution in [2.45, 2.75) is 37.8 Å². The molecule has 5 heteroatoms. The summed E-state index contributed by atoms with van der Waals surface area (Å²) < 4.78 is 4.98. The zero-order chi connectivity index (χ0) is 15.5. The monoisotopic (exact) mass is 310 g/mol. The minimum absolute atomic E-state index is 0.0969. The van der Waals surface area contributed by atoms with E-state index in [4.69, 9.17) is 4.74 Å². The van der Waals surface area contributed by atoms with E-state index in [1.165, 1.54) is 5.56 Å². The maximum Gasteiger partial charge on any atom is 0.230 e. The molecule has 2 N–H and O–H groups in total. The lowest BCUT2D eigenvalue weighted by Crippen LogP contribution is -2.33. The van der Waals surface area contributed by atoms with Gasteiger partial charge in [-0.25, -0.2) is 0 Å². The van der Waals surface area contributed by atoms with Gasteiger partial charge in [0.2, 0.25) is 5.91 Å². The molecule has 118 valence electrons. The van der Waals surface area contributed by atoms with Crippen LogP contribution in [0.25, 0.3) is 0 Å². The minimum Gasteiger partial charge on any atom is -0.383 e. The topological polar surface area (TPSA) is 50.4 Å². The summed E-state index contributed by atoms with van der Waals surface area (Å²) in [5, 5.41) is 6.27. The van der Waals surface area contributed by atoms with Crippen LogP contribution in [-0.2, 0) is 16.1 Å². The summed E-state index contributed by atoms with van der Waals surface area (Å²) in [6, 6.07) is 8.56. The van der Waals surface area contributed by atoms with Crippen molar-refractivity contribution >= 4 is 17.7 Å². The average molecular weight is 310 g/mol. The first-order valence-electron chi connectivity index (χ1n) is 7.36. The smallest absolute Gasteiger partial charge is 0.230 e. The van der Waals surface area contributed by atoms with Crippen LogP contribution in [0.2, 0.25) is 0 Å². The third-order valence-corrected chi connectivity index (χ3v) is 4.14. The molecule has 1 unspecified atom stereocenters. The van der Waals surface area contributed by atoms with E-state index < -0.39 is 0 Å². The van der Waals surface area contributed by atoms with Gasteiger partial charge < -0.3 is 15.4 Å². The fourth-order valence-corrected chi connectivity index (χ4v) is 2.39. The quantitative estimate of drug-likeness (QED) is 0.515. The summed E-state index contributed by atoms with van der Waals surface area (Å²) in [5.41, 5.74) is 1.24. The van der Waals surface area contributed by atoms with Gasteiger partial charge in [0.05, 0.1) is 12.4 Å². The molecule has 0 saturated heterocycles. The number of carbonyl (C=O) groups excluding carboxylic acids is 1. The molecule has 0 aliphatic rings. The summed E-state index contributed by atoms with van der Waals surface area (Å²) in [7, 11) is 1.70. The fourth-order valence-electron chi connectivity index (χ4n) is 1.68. The van der Waals surface area contributed by atoms with E-state index in [0.29, 0.717) is 5.75 Å². The van der Waals surface area contributed by atoms with Gasteiger partial charge in [-0.15, -0.1) is 11.8 Å². The Morgan fingerprint density at radius 3 is 2.67 bits per heavy atom. The summed E-state index contributed by atoms with van der Waals surface area (Å²) in [5.74, 6) is 0.565. The van der Waals surface area contributed by atoms with Gasteiger partial charge in [0.15, 0.2) is 0 Å².